The van der Waals surface area contributed by atoms with E-state index in [1.165, 1.54) is 31.4 Å². The highest BCUT2D eigenvalue weighted by Crippen LogP contribution is 2.37. The van der Waals surface area contributed by atoms with Gasteiger partial charge in [-0.1, -0.05) is 75.1 Å². The van der Waals surface area contributed by atoms with E-state index in [1.54, 1.807) is 12.1 Å². The van der Waals surface area contributed by atoms with Gasteiger partial charge in [0.2, 0.25) is 0 Å². The molecule has 0 aliphatic rings. The number of fused-ring (bicyclic) bond motifs is 1. The van der Waals surface area contributed by atoms with Crippen molar-refractivity contribution in [1.82, 2.24) is 0 Å². The molecule has 0 aromatic heterocycles. The number of rotatable bonds is 8. The van der Waals surface area contributed by atoms with Gasteiger partial charge in [0.1, 0.15) is 28.8 Å². The fourth-order valence-electron chi connectivity index (χ4n) is 4.57. The highest BCUT2D eigenvalue weighted by molar-refractivity contribution is 5.89. The summed E-state index contributed by atoms with van der Waals surface area (Å²) in [4.78, 5) is 0. The molecule has 0 amide bonds. The standard InChI is InChI=1S/C30H25F7/c1-2-3-4-5-6-7-18-8-11-23-19(14-18)10-13-24(29(23)34)20-9-12-22(25(31)15-20)21-16-26(32)28(27(33)17-21)30(35,36)37/h8-17H,2-7H2,1H3. The van der Waals surface area contributed by atoms with Gasteiger partial charge >= 0.3 is 6.18 Å². The van der Waals surface area contributed by atoms with Crippen molar-refractivity contribution >= 4 is 10.8 Å². The minimum atomic E-state index is -5.22. The zero-order valence-electron chi connectivity index (χ0n) is 20.2. The summed E-state index contributed by atoms with van der Waals surface area (Å²) in [5, 5.41) is 1.10. The largest absolute Gasteiger partial charge is 0.422 e. The fraction of sp³-hybridized carbons (Fsp3) is 0.267. The minimum absolute atomic E-state index is 0.134. The monoisotopic (exact) mass is 518 g/mol. The summed E-state index contributed by atoms with van der Waals surface area (Å²) in [5.74, 6) is -5.17. The Bertz CT molecular complexity index is 1400. The summed E-state index contributed by atoms with van der Waals surface area (Å²) in [7, 11) is 0. The summed E-state index contributed by atoms with van der Waals surface area (Å²) >= 11 is 0. The molecule has 0 N–H and O–H groups in total. The summed E-state index contributed by atoms with van der Waals surface area (Å²) in [6, 6.07) is 13.2. The minimum Gasteiger partial charge on any atom is -0.206 e. The molecular weight excluding hydrogens is 493 g/mol. The van der Waals surface area contributed by atoms with E-state index < -0.39 is 40.6 Å². The van der Waals surface area contributed by atoms with Crippen LogP contribution in [0.5, 0.6) is 0 Å². The van der Waals surface area contributed by atoms with E-state index in [2.05, 4.69) is 6.92 Å². The zero-order valence-corrected chi connectivity index (χ0v) is 20.2. The van der Waals surface area contributed by atoms with Crippen LogP contribution in [0.15, 0.2) is 60.7 Å². The van der Waals surface area contributed by atoms with Crippen LogP contribution in [0.25, 0.3) is 33.0 Å². The van der Waals surface area contributed by atoms with Crippen molar-refractivity contribution < 1.29 is 30.7 Å². The molecule has 194 valence electrons. The molecule has 0 saturated carbocycles. The number of alkyl halides is 3. The van der Waals surface area contributed by atoms with Crippen LogP contribution in [0.4, 0.5) is 30.7 Å². The van der Waals surface area contributed by atoms with Crippen LogP contribution in [-0.2, 0) is 12.6 Å². The molecule has 0 nitrogen and oxygen atoms in total. The molecule has 0 bridgehead atoms. The molecule has 0 saturated heterocycles. The number of unbranched alkanes of at least 4 members (excludes halogenated alkanes) is 4. The van der Waals surface area contributed by atoms with Gasteiger partial charge in [0.15, 0.2) is 0 Å². The maximum atomic E-state index is 15.4. The average Bonchev–Trinajstić information content (AvgIpc) is 2.82. The lowest BCUT2D eigenvalue weighted by molar-refractivity contribution is -0.142. The van der Waals surface area contributed by atoms with Gasteiger partial charge < -0.3 is 0 Å². The Morgan fingerprint density at radius 1 is 0.622 bits per heavy atom. The summed E-state index contributed by atoms with van der Waals surface area (Å²) in [5.41, 5.74) is -1.30. The third kappa shape index (κ3) is 5.81. The van der Waals surface area contributed by atoms with E-state index in [4.69, 9.17) is 0 Å². The van der Waals surface area contributed by atoms with Crippen molar-refractivity contribution in [3.8, 4) is 22.3 Å². The molecule has 0 fully saturated rings. The second-order valence-electron chi connectivity index (χ2n) is 9.15. The number of aryl methyl sites for hydroxylation is 1. The second kappa shape index (κ2) is 11.0. The van der Waals surface area contributed by atoms with Crippen LogP contribution in [0.3, 0.4) is 0 Å². The van der Waals surface area contributed by atoms with Crippen molar-refractivity contribution in [2.75, 3.05) is 0 Å². The van der Waals surface area contributed by atoms with Gasteiger partial charge in [-0.3, -0.25) is 0 Å². The van der Waals surface area contributed by atoms with Gasteiger partial charge in [-0.25, -0.2) is 17.6 Å². The van der Waals surface area contributed by atoms with Crippen LogP contribution < -0.4 is 0 Å². The molecule has 0 heterocycles. The Hall–Kier alpha value is -3.35. The summed E-state index contributed by atoms with van der Waals surface area (Å²) in [6.45, 7) is 2.16. The Labute approximate surface area is 210 Å². The van der Waals surface area contributed by atoms with Crippen molar-refractivity contribution in [1.29, 1.82) is 0 Å². The lowest BCUT2D eigenvalue weighted by Gasteiger charge is -2.13. The maximum absolute atomic E-state index is 15.4. The average molecular weight is 519 g/mol. The van der Waals surface area contributed by atoms with Crippen LogP contribution in [0, 0.1) is 23.3 Å². The molecule has 0 atom stereocenters. The van der Waals surface area contributed by atoms with Crippen LogP contribution in [0.2, 0.25) is 0 Å². The van der Waals surface area contributed by atoms with E-state index in [9.17, 15) is 26.3 Å². The van der Waals surface area contributed by atoms with E-state index in [1.807, 2.05) is 12.1 Å². The number of benzene rings is 4. The Kier molecular flexibility index (Phi) is 7.90. The Balaban J connectivity index is 1.61. The molecule has 37 heavy (non-hydrogen) atoms. The van der Waals surface area contributed by atoms with Gasteiger partial charge in [-0.2, -0.15) is 13.2 Å². The lowest BCUT2D eigenvalue weighted by Crippen LogP contribution is -2.11. The molecule has 4 aromatic carbocycles. The first-order valence-electron chi connectivity index (χ1n) is 12.2. The first-order chi connectivity index (χ1) is 17.6. The van der Waals surface area contributed by atoms with Crippen LogP contribution in [0.1, 0.15) is 50.2 Å². The van der Waals surface area contributed by atoms with Crippen LogP contribution in [-0.4, -0.2) is 0 Å². The van der Waals surface area contributed by atoms with E-state index in [0.717, 1.165) is 42.3 Å². The van der Waals surface area contributed by atoms with Gasteiger partial charge in [-0.05, 0) is 53.1 Å². The predicted molar refractivity (Wildman–Crippen MR) is 132 cm³/mol. The highest BCUT2D eigenvalue weighted by Gasteiger charge is 2.38. The fourth-order valence-corrected chi connectivity index (χ4v) is 4.57. The molecule has 0 radical (unpaired) electrons. The van der Waals surface area contributed by atoms with Gasteiger partial charge in [0.05, 0.1) is 0 Å². The topological polar surface area (TPSA) is 0 Å². The molecule has 0 spiro atoms. The third-order valence-corrected chi connectivity index (χ3v) is 6.50. The maximum Gasteiger partial charge on any atom is 0.422 e. The van der Waals surface area contributed by atoms with E-state index >= 15 is 4.39 Å². The number of hydrogen-bond acceptors (Lipinski definition) is 0. The quantitative estimate of drug-likeness (QED) is 0.161. The molecule has 7 heteroatoms. The first kappa shape index (κ1) is 26.7. The predicted octanol–water partition coefficient (Wildman–Crippen LogP) is 10.3. The van der Waals surface area contributed by atoms with Crippen LogP contribution >= 0.6 is 0 Å². The summed E-state index contributed by atoms with van der Waals surface area (Å²) in [6.07, 6.45) is 1.47. The Morgan fingerprint density at radius 3 is 1.92 bits per heavy atom. The summed E-state index contributed by atoms with van der Waals surface area (Å²) < 4.78 is 96.8. The molecule has 0 unspecified atom stereocenters. The number of hydrogen-bond donors (Lipinski definition) is 0. The van der Waals surface area contributed by atoms with Gasteiger partial charge in [0, 0.05) is 16.5 Å². The zero-order chi connectivity index (χ0) is 26.7. The smallest absolute Gasteiger partial charge is 0.206 e. The molecule has 4 aromatic rings. The second-order valence-corrected chi connectivity index (χ2v) is 9.15. The lowest BCUT2D eigenvalue weighted by atomic mass is 9.95. The van der Waals surface area contributed by atoms with Crippen molar-refractivity contribution in [3.63, 3.8) is 0 Å². The number of halogens is 7. The molecular formula is C30H25F7. The molecule has 0 aliphatic heterocycles. The Morgan fingerprint density at radius 2 is 1.27 bits per heavy atom. The van der Waals surface area contributed by atoms with Crippen molar-refractivity contribution in [2.24, 2.45) is 0 Å². The normalized spacial score (nSPS) is 11.9. The van der Waals surface area contributed by atoms with E-state index in [-0.39, 0.29) is 16.7 Å². The molecule has 4 rings (SSSR count). The van der Waals surface area contributed by atoms with Crippen molar-refractivity contribution in [2.45, 2.75) is 51.6 Å². The van der Waals surface area contributed by atoms with E-state index in [0.29, 0.717) is 17.5 Å². The SMILES string of the molecule is CCCCCCCc1ccc2c(F)c(-c3ccc(-c4cc(F)c(C(F)(F)F)c(F)c4)c(F)c3)ccc2c1. The van der Waals surface area contributed by atoms with Crippen molar-refractivity contribution in [3.05, 3.63) is 95.1 Å². The third-order valence-electron chi connectivity index (χ3n) is 6.50. The van der Waals surface area contributed by atoms with Gasteiger partial charge in [0.25, 0.3) is 0 Å². The first-order valence-corrected chi connectivity index (χ1v) is 12.2. The highest BCUT2D eigenvalue weighted by atomic mass is 19.4. The van der Waals surface area contributed by atoms with Gasteiger partial charge in [-0.15, -0.1) is 0 Å². The molecule has 0 aliphatic carbocycles.